The summed E-state index contributed by atoms with van der Waals surface area (Å²) in [6, 6.07) is 11.7. The van der Waals surface area contributed by atoms with Gasteiger partial charge in [0.1, 0.15) is 11.5 Å². The number of hydrazine groups is 1. The normalized spacial score (nSPS) is 14.9. The number of hydrogen-bond donors (Lipinski definition) is 2. The van der Waals surface area contributed by atoms with E-state index in [0.29, 0.717) is 5.56 Å². The van der Waals surface area contributed by atoms with Gasteiger partial charge in [0.05, 0.1) is 9.83 Å². The van der Waals surface area contributed by atoms with Crippen molar-refractivity contribution in [1.82, 2.24) is 10.4 Å². The molecule has 1 heterocycles. The van der Waals surface area contributed by atoms with Gasteiger partial charge in [0.25, 0.3) is 17.5 Å². The number of nitro benzene ring substituents is 1. The van der Waals surface area contributed by atoms with Gasteiger partial charge in [-0.05, 0) is 36.5 Å². The summed E-state index contributed by atoms with van der Waals surface area (Å²) in [6.07, 6.45) is 1.48. The lowest BCUT2D eigenvalue weighted by Crippen LogP contribution is -2.46. The third-order valence-corrected chi connectivity index (χ3v) is 4.97. The first kappa shape index (κ1) is 20.3. The lowest BCUT2D eigenvalue weighted by atomic mass is 10.2. The zero-order valence-electron chi connectivity index (χ0n) is 14.6. The first-order valence-electron chi connectivity index (χ1n) is 8.08. The quantitative estimate of drug-likeness (QED) is 0.310. The molecule has 1 aliphatic rings. The van der Waals surface area contributed by atoms with Crippen LogP contribution >= 0.6 is 24.0 Å². The molecule has 3 rings (SSSR count). The molecule has 29 heavy (non-hydrogen) atoms. The molecule has 0 radical (unpaired) electrons. The molecule has 1 aliphatic heterocycles. The van der Waals surface area contributed by atoms with Crippen LogP contribution in [0.1, 0.15) is 5.56 Å². The van der Waals surface area contributed by atoms with Gasteiger partial charge in [-0.3, -0.25) is 25.1 Å². The highest BCUT2D eigenvalue weighted by Crippen LogP contribution is 2.32. The van der Waals surface area contributed by atoms with Crippen molar-refractivity contribution in [3.8, 4) is 11.5 Å². The number of benzene rings is 2. The van der Waals surface area contributed by atoms with Gasteiger partial charge in [0.15, 0.2) is 10.9 Å². The molecule has 0 saturated carbocycles. The molecule has 0 unspecified atom stereocenters. The molecule has 11 heteroatoms. The minimum absolute atomic E-state index is 0.0123. The Morgan fingerprint density at radius 3 is 2.62 bits per heavy atom. The molecule has 148 valence electrons. The molecular formula is C18H13N3O6S2. The van der Waals surface area contributed by atoms with Gasteiger partial charge in [0.2, 0.25) is 0 Å². The molecule has 0 spiro atoms. The number of aromatic hydroxyl groups is 1. The van der Waals surface area contributed by atoms with E-state index in [2.05, 4.69) is 5.43 Å². The zero-order valence-corrected chi connectivity index (χ0v) is 16.2. The summed E-state index contributed by atoms with van der Waals surface area (Å²) in [5.74, 6) is -0.899. The Balaban J connectivity index is 1.60. The maximum atomic E-state index is 12.5. The van der Waals surface area contributed by atoms with Crippen molar-refractivity contribution in [3.63, 3.8) is 0 Å². The standard InChI is InChI=1S/C18H13N3O6S2/c22-14-4-2-1-3-11(14)9-15-17(24)20(18(28)29-15)19-16(23)10-27-13-7-5-12(6-8-13)21(25)26/h1-9,22H,10H2,(H,19,23)/b15-9-. The van der Waals surface area contributed by atoms with Crippen LogP contribution in [0.4, 0.5) is 5.69 Å². The third kappa shape index (κ3) is 4.89. The van der Waals surface area contributed by atoms with Gasteiger partial charge in [-0.1, -0.05) is 30.0 Å². The van der Waals surface area contributed by atoms with Crippen molar-refractivity contribution < 1.29 is 24.4 Å². The number of carbonyl (C=O) groups is 2. The summed E-state index contributed by atoms with van der Waals surface area (Å²) in [5, 5.41) is 21.4. The Hall–Kier alpha value is -3.44. The number of nitrogens with one attached hydrogen (secondary N) is 1. The summed E-state index contributed by atoms with van der Waals surface area (Å²) in [7, 11) is 0. The highest BCUT2D eigenvalue weighted by Gasteiger charge is 2.33. The number of carbonyl (C=O) groups excluding carboxylic acids is 2. The minimum atomic E-state index is -0.636. The van der Waals surface area contributed by atoms with E-state index in [4.69, 9.17) is 17.0 Å². The van der Waals surface area contributed by atoms with Crippen LogP contribution in [0.2, 0.25) is 0 Å². The summed E-state index contributed by atoms with van der Waals surface area (Å²) in [4.78, 5) is 34.9. The predicted molar refractivity (Wildman–Crippen MR) is 110 cm³/mol. The van der Waals surface area contributed by atoms with Crippen LogP contribution in [0, 0.1) is 10.1 Å². The number of rotatable bonds is 6. The Bertz CT molecular complexity index is 1020. The number of amides is 2. The summed E-state index contributed by atoms with van der Waals surface area (Å²) < 4.78 is 5.38. The topological polar surface area (TPSA) is 122 Å². The fourth-order valence-electron chi connectivity index (χ4n) is 2.28. The van der Waals surface area contributed by atoms with E-state index in [1.807, 2.05) is 0 Å². The second kappa shape index (κ2) is 8.71. The summed E-state index contributed by atoms with van der Waals surface area (Å²) in [6.45, 7) is -0.423. The molecule has 0 aliphatic carbocycles. The molecule has 2 aromatic rings. The van der Waals surface area contributed by atoms with E-state index in [1.54, 1.807) is 18.2 Å². The lowest BCUT2D eigenvalue weighted by molar-refractivity contribution is -0.384. The first-order valence-corrected chi connectivity index (χ1v) is 9.30. The van der Waals surface area contributed by atoms with Crippen LogP contribution in [0.5, 0.6) is 11.5 Å². The van der Waals surface area contributed by atoms with E-state index >= 15 is 0 Å². The maximum absolute atomic E-state index is 12.5. The van der Waals surface area contributed by atoms with Crippen LogP contribution < -0.4 is 10.2 Å². The molecule has 0 bridgehead atoms. The van der Waals surface area contributed by atoms with Crippen LogP contribution in [0.3, 0.4) is 0 Å². The number of nitrogens with zero attached hydrogens (tertiary/aromatic N) is 2. The molecule has 1 fully saturated rings. The molecule has 9 nitrogen and oxygen atoms in total. The fraction of sp³-hybridized carbons (Fsp3) is 0.0556. The van der Waals surface area contributed by atoms with Gasteiger partial charge in [-0.25, -0.2) is 0 Å². The fourth-order valence-corrected chi connectivity index (χ4v) is 3.46. The van der Waals surface area contributed by atoms with Crippen molar-refractivity contribution in [2.75, 3.05) is 6.61 Å². The first-order chi connectivity index (χ1) is 13.8. The van der Waals surface area contributed by atoms with Crippen molar-refractivity contribution in [2.24, 2.45) is 0 Å². The number of para-hydroxylation sites is 1. The Morgan fingerprint density at radius 2 is 1.97 bits per heavy atom. The van der Waals surface area contributed by atoms with Gasteiger partial charge < -0.3 is 9.84 Å². The summed E-state index contributed by atoms with van der Waals surface area (Å²) >= 11 is 6.11. The van der Waals surface area contributed by atoms with Crippen LogP contribution in [-0.4, -0.2) is 37.8 Å². The summed E-state index contributed by atoms with van der Waals surface area (Å²) in [5.41, 5.74) is 2.70. The second-order valence-electron chi connectivity index (χ2n) is 5.65. The molecule has 2 amide bonds. The highest BCUT2D eigenvalue weighted by molar-refractivity contribution is 8.26. The molecule has 1 saturated heterocycles. The van der Waals surface area contributed by atoms with Crippen LogP contribution in [0.25, 0.3) is 6.08 Å². The monoisotopic (exact) mass is 431 g/mol. The highest BCUT2D eigenvalue weighted by atomic mass is 32.2. The average Bonchev–Trinajstić information content (AvgIpc) is 2.96. The maximum Gasteiger partial charge on any atom is 0.285 e. The van der Waals surface area contributed by atoms with Gasteiger partial charge in [-0.2, -0.15) is 5.01 Å². The molecule has 0 atom stereocenters. The average molecular weight is 431 g/mol. The van der Waals surface area contributed by atoms with Crippen molar-refractivity contribution >= 4 is 51.9 Å². The lowest BCUT2D eigenvalue weighted by Gasteiger charge is -2.15. The van der Waals surface area contributed by atoms with E-state index < -0.39 is 23.3 Å². The zero-order chi connectivity index (χ0) is 21.0. The van der Waals surface area contributed by atoms with E-state index in [1.165, 1.54) is 36.4 Å². The Morgan fingerprint density at radius 1 is 1.28 bits per heavy atom. The molecule has 2 N–H and O–H groups in total. The van der Waals surface area contributed by atoms with Crippen molar-refractivity contribution in [3.05, 3.63) is 69.1 Å². The number of phenols is 1. The van der Waals surface area contributed by atoms with Crippen LogP contribution in [0.15, 0.2) is 53.4 Å². The molecule has 2 aromatic carbocycles. The SMILES string of the molecule is O=C(COc1ccc([N+](=O)[O-])cc1)NN1C(=O)/C(=C/c2ccccc2O)SC1=S. The Kier molecular flexibility index (Phi) is 6.10. The molecular weight excluding hydrogens is 418 g/mol. The number of non-ortho nitro benzene ring substituents is 1. The van der Waals surface area contributed by atoms with E-state index in [9.17, 15) is 24.8 Å². The second-order valence-corrected chi connectivity index (χ2v) is 7.33. The number of thiocarbonyl (C=S) groups is 1. The van der Waals surface area contributed by atoms with Crippen LogP contribution in [-0.2, 0) is 9.59 Å². The Labute approximate surface area is 174 Å². The van der Waals surface area contributed by atoms with Gasteiger partial charge in [0, 0.05) is 17.7 Å². The predicted octanol–water partition coefficient (Wildman–Crippen LogP) is 2.61. The van der Waals surface area contributed by atoms with E-state index in [0.717, 1.165) is 16.8 Å². The van der Waals surface area contributed by atoms with Crippen molar-refractivity contribution in [1.29, 1.82) is 0 Å². The number of nitro groups is 1. The van der Waals surface area contributed by atoms with Crippen molar-refractivity contribution in [2.45, 2.75) is 0 Å². The van der Waals surface area contributed by atoms with Gasteiger partial charge in [-0.15, -0.1) is 0 Å². The number of phenolic OH excluding ortho intramolecular Hbond substituents is 1. The molecule has 0 aromatic heterocycles. The van der Waals surface area contributed by atoms with Gasteiger partial charge >= 0.3 is 0 Å². The minimum Gasteiger partial charge on any atom is -0.507 e. The number of thioether (sulfide) groups is 1. The van der Waals surface area contributed by atoms with E-state index in [-0.39, 0.29) is 26.4 Å². The number of ether oxygens (including phenoxy) is 1. The third-order valence-electron chi connectivity index (χ3n) is 3.67. The largest absolute Gasteiger partial charge is 0.507 e. The number of hydrogen-bond acceptors (Lipinski definition) is 8. The smallest absolute Gasteiger partial charge is 0.285 e.